The van der Waals surface area contributed by atoms with Crippen molar-refractivity contribution in [2.45, 2.75) is 46.5 Å². The SMILES string of the molecule is CCC(C)CN(CC)CC1(CC(=O)O)CC1. The van der Waals surface area contributed by atoms with Crippen molar-refractivity contribution in [3.05, 3.63) is 0 Å². The van der Waals surface area contributed by atoms with Crippen LogP contribution in [0.25, 0.3) is 0 Å². The van der Waals surface area contributed by atoms with Crippen LogP contribution in [0.3, 0.4) is 0 Å². The third-order valence-electron chi connectivity index (χ3n) is 3.76. The highest BCUT2D eigenvalue weighted by Crippen LogP contribution is 2.49. The first kappa shape index (κ1) is 13.5. The predicted octanol–water partition coefficient (Wildman–Crippen LogP) is 2.61. The smallest absolute Gasteiger partial charge is 0.303 e. The van der Waals surface area contributed by atoms with Crippen LogP contribution in [0.1, 0.15) is 46.5 Å². The van der Waals surface area contributed by atoms with Gasteiger partial charge in [0.05, 0.1) is 6.42 Å². The van der Waals surface area contributed by atoms with Gasteiger partial charge in [0.25, 0.3) is 0 Å². The maximum Gasteiger partial charge on any atom is 0.303 e. The minimum atomic E-state index is -0.642. The van der Waals surface area contributed by atoms with E-state index >= 15 is 0 Å². The zero-order valence-electron chi connectivity index (χ0n) is 10.8. The van der Waals surface area contributed by atoms with Crippen molar-refractivity contribution in [3.63, 3.8) is 0 Å². The van der Waals surface area contributed by atoms with Gasteiger partial charge in [0.2, 0.25) is 0 Å². The van der Waals surface area contributed by atoms with E-state index in [1.54, 1.807) is 0 Å². The number of carboxylic acid groups (broad SMARTS) is 1. The minimum absolute atomic E-state index is 0.106. The average molecular weight is 227 g/mol. The predicted molar refractivity (Wildman–Crippen MR) is 65.5 cm³/mol. The monoisotopic (exact) mass is 227 g/mol. The fourth-order valence-electron chi connectivity index (χ4n) is 2.24. The number of carboxylic acids is 1. The highest BCUT2D eigenvalue weighted by atomic mass is 16.4. The third kappa shape index (κ3) is 4.12. The zero-order chi connectivity index (χ0) is 12.2. The van der Waals surface area contributed by atoms with Gasteiger partial charge >= 0.3 is 5.97 Å². The highest BCUT2D eigenvalue weighted by molar-refractivity contribution is 5.68. The zero-order valence-corrected chi connectivity index (χ0v) is 10.8. The molecule has 1 unspecified atom stereocenters. The second-order valence-electron chi connectivity index (χ2n) is 5.41. The van der Waals surface area contributed by atoms with Crippen LogP contribution in [0.5, 0.6) is 0 Å². The number of nitrogens with zero attached hydrogens (tertiary/aromatic N) is 1. The number of aliphatic carboxylic acids is 1. The molecule has 3 nitrogen and oxygen atoms in total. The van der Waals surface area contributed by atoms with Crippen molar-refractivity contribution in [1.82, 2.24) is 4.90 Å². The van der Waals surface area contributed by atoms with Gasteiger partial charge in [-0.2, -0.15) is 0 Å². The molecule has 1 aliphatic carbocycles. The Morgan fingerprint density at radius 2 is 2.06 bits per heavy atom. The maximum absolute atomic E-state index is 10.8. The normalized spacial score (nSPS) is 19.8. The van der Waals surface area contributed by atoms with Crippen LogP contribution in [0.2, 0.25) is 0 Å². The molecule has 0 amide bonds. The maximum atomic E-state index is 10.8. The van der Waals surface area contributed by atoms with Crippen LogP contribution >= 0.6 is 0 Å². The Hall–Kier alpha value is -0.570. The quantitative estimate of drug-likeness (QED) is 0.693. The first-order valence-corrected chi connectivity index (χ1v) is 6.45. The third-order valence-corrected chi connectivity index (χ3v) is 3.76. The topological polar surface area (TPSA) is 40.5 Å². The Balaban J connectivity index is 2.40. The van der Waals surface area contributed by atoms with Gasteiger partial charge < -0.3 is 10.0 Å². The van der Waals surface area contributed by atoms with Crippen LogP contribution in [-0.2, 0) is 4.79 Å². The fraction of sp³-hybridized carbons (Fsp3) is 0.923. The molecule has 0 spiro atoms. The van der Waals surface area contributed by atoms with Crippen molar-refractivity contribution >= 4 is 5.97 Å². The summed E-state index contributed by atoms with van der Waals surface area (Å²) in [7, 11) is 0. The molecule has 3 heteroatoms. The fourth-order valence-corrected chi connectivity index (χ4v) is 2.24. The number of hydrogen-bond acceptors (Lipinski definition) is 2. The Morgan fingerprint density at radius 3 is 2.44 bits per heavy atom. The van der Waals surface area contributed by atoms with E-state index in [1.807, 2.05) is 0 Å². The van der Waals surface area contributed by atoms with Gasteiger partial charge in [-0.25, -0.2) is 0 Å². The average Bonchev–Trinajstić information content (AvgIpc) is 2.95. The van der Waals surface area contributed by atoms with Crippen LogP contribution in [0.4, 0.5) is 0 Å². The van der Waals surface area contributed by atoms with Gasteiger partial charge in [-0.15, -0.1) is 0 Å². The molecule has 0 radical (unpaired) electrons. The minimum Gasteiger partial charge on any atom is -0.481 e. The molecule has 0 saturated heterocycles. The molecule has 0 aromatic carbocycles. The van der Waals surface area contributed by atoms with Gasteiger partial charge in [0, 0.05) is 13.1 Å². The van der Waals surface area contributed by atoms with Gasteiger partial charge in [0.15, 0.2) is 0 Å². The van der Waals surface area contributed by atoms with Gasteiger partial charge in [-0.1, -0.05) is 27.2 Å². The van der Waals surface area contributed by atoms with Crippen molar-refractivity contribution in [3.8, 4) is 0 Å². The molecular formula is C13H25NO2. The van der Waals surface area contributed by atoms with Gasteiger partial charge in [-0.05, 0) is 30.7 Å². The number of carbonyl (C=O) groups is 1. The lowest BCUT2D eigenvalue weighted by Crippen LogP contribution is -2.34. The first-order valence-electron chi connectivity index (χ1n) is 6.45. The largest absolute Gasteiger partial charge is 0.481 e. The highest BCUT2D eigenvalue weighted by Gasteiger charge is 2.45. The molecule has 0 heterocycles. The lowest BCUT2D eigenvalue weighted by Gasteiger charge is -2.27. The summed E-state index contributed by atoms with van der Waals surface area (Å²) in [5.74, 6) is 0.0673. The summed E-state index contributed by atoms with van der Waals surface area (Å²) >= 11 is 0. The summed E-state index contributed by atoms with van der Waals surface area (Å²) in [6, 6.07) is 0. The van der Waals surface area contributed by atoms with E-state index in [0.717, 1.165) is 32.5 Å². The standard InChI is InChI=1S/C13H25NO2/c1-4-11(3)9-14(5-2)10-13(6-7-13)8-12(15)16/h11H,4-10H2,1-3H3,(H,15,16). The molecule has 0 bridgehead atoms. The lowest BCUT2D eigenvalue weighted by atomic mass is 10.0. The van der Waals surface area contributed by atoms with E-state index in [4.69, 9.17) is 5.11 Å². The number of hydrogen-bond donors (Lipinski definition) is 1. The second kappa shape index (κ2) is 5.67. The van der Waals surface area contributed by atoms with Crippen LogP contribution in [0.15, 0.2) is 0 Å². The molecule has 1 fully saturated rings. The van der Waals surface area contributed by atoms with Crippen LogP contribution in [0, 0.1) is 11.3 Å². The van der Waals surface area contributed by atoms with Crippen molar-refractivity contribution in [1.29, 1.82) is 0 Å². The molecule has 1 atom stereocenters. The van der Waals surface area contributed by atoms with E-state index in [-0.39, 0.29) is 5.41 Å². The number of rotatable bonds is 8. The Kier molecular flexibility index (Phi) is 4.78. The summed E-state index contributed by atoms with van der Waals surface area (Å²) in [6.07, 6.45) is 3.74. The molecule has 1 N–H and O–H groups in total. The van der Waals surface area contributed by atoms with Crippen molar-refractivity contribution < 1.29 is 9.90 Å². The van der Waals surface area contributed by atoms with E-state index in [9.17, 15) is 4.79 Å². The first-order chi connectivity index (χ1) is 7.51. The molecule has 0 aromatic rings. The molecule has 1 saturated carbocycles. The second-order valence-corrected chi connectivity index (χ2v) is 5.41. The van der Waals surface area contributed by atoms with Crippen LogP contribution < -0.4 is 0 Å². The van der Waals surface area contributed by atoms with Crippen molar-refractivity contribution in [2.75, 3.05) is 19.6 Å². The van der Waals surface area contributed by atoms with Crippen molar-refractivity contribution in [2.24, 2.45) is 11.3 Å². The molecule has 1 rings (SSSR count). The van der Waals surface area contributed by atoms with E-state index in [2.05, 4.69) is 25.7 Å². The molecule has 0 aromatic heterocycles. The summed E-state index contributed by atoms with van der Waals surface area (Å²) in [6.45, 7) is 9.75. The van der Waals surface area contributed by atoms with E-state index in [1.165, 1.54) is 6.42 Å². The summed E-state index contributed by atoms with van der Waals surface area (Å²) < 4.78 is 0. The van der Waals surface area contributed by atoms with E-state index in [0.29, 0.717) is 12.3 Å². The Labute approximate surface area is 98.8 Å². The summed E-state index contributed by atoms with van der Waals surface area (Å²) in [5, 5.41) is 8.88. The summed E-state index contributed by atoms with van der Waals surface area (Å²) in [4.78, 5) is 13.2. The molecule has 16 heavy (non-hydrogen) atoms. The molecule has 94 valence electrons. The Bertz CT molecular complexity index is 236. The van der Waals surface area contributed by atoms with Crippen LogP contribution in [-0.4, -0.2) is 35.6 Å². The molecule has 1 aliphatic rings. The molecule has 0 aliphatic heterocycles. The Morgan fingerprint density at radius 1 is 1.44 bits per heavy atom. The summed E-state index contributed by atoms with van der Waals surface area (Å²) in [5.41, 5.74) is 0.106. The van der Waals surface area contributed by atoms with E-state index < -0.39 is 5.97 Å². The van der Waals surface area contributed by atoms with Gasteiger partial charge in [-0.3, -0.25) is 4.79 Å². The van der Waals surface area contributed by atoms with Gasteiger partial charge in [0.1, 0.15) is 0 Å². The lowest BCUT2D eigenvalue weighted by molar-refractivity contribution is -0.138. The molecular weight excluding hydrogens is 202 g/mol.